The highest BCUT2D eigenvalue weighted by molar-refractivity contribution is 5.99. The van der Waals surface area contributed by atoms with Gasteiger partial charge in [0, 0.05) is 11.4 Å². The zero-order valence-electron chi connectivity index (χ0n) is 17.0. The van der Waals surface area contributed by atoms with Crippen LogP contribution in [0.3, 0.4) is 0 Å². The third-order valence-corrected chi connectivity index (χ3v) is 4.50. The zero-order chi connectivity index (χ0) is 21.2. The molecule has 0 radical (unpaired) electrons. The van der Waals surface area contributed by atoms with E-state index in [1.165, 1.54) is 17.7 Å². The topological polar surface area (TPSA) is 80.0 Å². The maximum Gasteiger partial charge on any atom is 0.252 e. The number of carbonyl (C=O) groups is 1. The predicted octanol–water partition coefficient (Wildman–Crippen LogP) is 5.41. The fraction of sp³-hybridized carbons (Fsp3) is 0.217. The number of hydrogen-bond acceptors (Lipinski definition) is 4. The molecule has 150 valence electrons. The van der Waals surface area contributed by atoms with E-state index in [0.717, 1.165) is 11.3 Å². The van der Waals surface area contributed by atoms with Crippen LogP contribution in [-0.4, -0.2) is 10.9 Å². The number of nitrogens with one attached hydrogen (secondary N) is 2. The van der Waals surface area contributed by atoms with Gasteiger partial charge in [0.25, 0.3) is 5.91 Å². The van der Waals surface area contributed by atoms with Gasteiger partial charge in [-0.2, -0.15) is 0 Å². The van der Waals surface area contributed by atoms with Crippen LogP contribution in [0.1, 0.15) is 42.3 Å². The highest BCUT2D eigenvalue weighted by Gasteiger charge is 2.14. The highest BCUT2D eigenvalue weighted by atomic mass is 19.1. The van der Waals surface area contributed by atoms with Gasteiger partial charge in [-0.05, 0) is 59.9 Å². The quantitative estimate of drug-likeness (QED) is 0.542. The molecule has 1 aromatic heterocycles. The Morgan fingerprint density at radius 3 is 2.24 bits per heavy atom. The summed E-state index contributed by atoms with van der Waals surface area (Å²) in [4.78, 5) is 16.3. The molecule has 1 amide bonds. The van der Waals surface area contributed by atoms with Crippen molar-refractivity contribution in [2.24, 2.45) is 5.73 Å². The van der Waals surface area contributed by atoms with Gasteiger partial charge >= 0.3 is 0 Å². The number of anilines is 4. The van der Waals surface area contributed by atoms with Gasteiger partial charge in [0.2, 0.25) is 0 Å². The third kappa shape index (κ3) is 5.10. The first-order valence-electron chi connectivity index (χ1n) is 9.33. The largest absolute Gasteiger partial charge is 0.365 e. The van der Waals surface area contributed by atoms with Crippen molar-refractivity contribution in [1.82, 2.24) is 4.98 Å². The number of aromatic nitrogens is 1. The van der Waals surface area contributed by atoms with Gasteiger partial charge in [-0.15, -0.1) is 0 Å². The lowest BCUT2D eigenvalue weighted by molar-refractivity contribution is 0.100. The predicted molar refractivity (Wildman–Crippen MR) is 116 cm³/mol. The van der Waals surface area contributed by atoms with Gasteiger partial charge in [0.05, 0.1) is 17.4 Å². The summed E-state index contributed by atoms with van der Waals surface area (Å²) in [5.41, 5.74) is 9.80. The lowest BCUT2D eigenvalue weighted by Crippen LogP contribution is -2.15. The van der Waals surface area contributed by atoms with E-state index in [9.17, 15) is 9.18 Å². The molecule has 0 unspecified atom stereocenters. The Hall–Kier alpha value is -3.41. The van der Waals surface area contributed by atoms with Crippen LogP contribution in [0.5, 0.6) is 0 Å². The molecule has 0 atom stereocenters. The van der Waals surface area contributed by atoms with Crippen molar-refractivity contribution in [2.45, 2.75) is 33.1 Å². The molecule has 4 N–H and O–H groups in total. The van der Waals surface area contributed by atoms with E-state index in [4.69, 9.17) is 5.73 Å². The summed E-state index contributed by atoms with van der Waals surface area (Å²) in [6.07, 6.45) is 1.60. The number of benzene rings is 2. The Kier molecular flexibility index (Phi) is 5.55. The molecule has 0 aliphatic heterocycles. The molecular weight excluding hydrogens is 367 g/mol. The maximum absolute atomic E-state index is 13.6. The third-order valence-electron chi connectivity index (χ3n) is 4.50. The van der Waals surface area contributed by atoms with Crippen LogP contribution in [-0.2, 0) is 5.41 Å². The van der Waals surface area contributed by atoms with Crippen molar-refractivity contribution in [3.63, 3.8) is 0 Å². The Morgan fingerprint density at radius 2 is 1.66 bits per heavy atom. The van der Waals surface area contributed by atoms with Crippen LogP contribution in [0.4, 0.5) is 27.3 Å². The zero-order valence-corrected chi connectivity index (χ0v) is 17.0. The molecule has 0 fully saturated rings. The van der Waals surface area contributed by atoms with E-state index >= 15 is 0 Å². The highest BCUT2D eigenvalue weighted by Crippen LogP contribution is 2.27. The van der Waals surface area contributed by atoms with Crippen LogP contribution in [0, 0.1) is 12.7 Å². The van der Waals surface area contributed by atoms with Crippen molar-refractivity contribution in [2.75, 3.05) is 10.6 Å². The van der Waals surface area contributed by atoms with Crippen LogP contribution < -0.4 is 16.4 Å². The number of nitrogens with zero attached hydrogens (tertiary/aromatic N) is 1. The molecule has 1 heterocycles. The number of carbonyl (C=O) groups excluding carboxylic acids is 1. The lowest BCUT2D eigenvalue weighted by Gasteiger charge is -2.19. The van der Waals surface area contributed by atoms with Crippen molar-refractivity contribution in [1.29, 1.82) is 0 Å². The number of primary amides is 1. The monoisotopic (exact) mass is 392 g/mol. The normalized spacial score (nSPS) is 11.2. The maximum atomic E-state index is 13.6. The van der Waals surface area contributed by atoms with Gasteiger partial charge in [0.1, 0.15) is 11.6 Å². The van der Waals surface area contributed by atoms with E-state index in [0.29, 0.717) is 11.4 Å². The Labute approximate surface area is 170 Å². The molecule has 0 aliphatic rings. The minimum Gasteiger partial charge on any atom is -0.365 e. The first-order chi connectivity index (χ1) is 13.6. The van der Waals surface area contributed by atoms with Crippen LogP contribution in [0.25, 0.3) is 0 Å². The summed E-state index contributed by atoms with van der Waals surface area (Å²) < 4.78 is 13.6. The SMILES string of the molecule is Cc1cc(F)cc(Nc2ncc(Nc3ccc(C(C)(C)C)cc3)cc2C(N)=O)c1. The van der Waals surface area contributed by atoms with Crippen molar-refractivity contribution in [3.8, 4) is 0 Å². The number of halogens is 1. The fourth-order valence-electron chi connectivity index (χ4n) is 2.99. The summed E-state index contributed by atoms with van der Waals surface area (Å²) in [7, 11) is 0. The summed E-state index contributed by atoms with van der Waals surface area (Å²) in [6, 6.07) is 14.2. The smallest absolute Gasteiger partial charge is 0.252 e. The second kappa shape index (κ2) is 7.91. The standard InChI is InChI=1S/C23H25FN4O/c1-14-9-16(24)11-18(10-14)28-22-20(21(25)29)12-19(13-26-22)27-17-7-5-15(6-8-17)23(2,3)4/h5-13,27H,1-4H3,(H2,25,29)(H,26,28). The second-order valence-electron chi connectivity index (χ2n) is 8.08. The van der Waals surface area contributed by atoms with E-state index in [1.807, 2.05) is 12.1 Å². The molecule has 29 heavy (non-hydrogen) atoms. The number of hydrogen-bond donors (Lipinski definition) is 3. The van der Waals surface area contributed by atoms with Gasteiger partial charge in [0.15, 0.2) is 0 Å². The van der Waals surface area contributed by atoms with Gasteiger partial charge in [-0.1, -0.05) is 32.9 Å². The molecule has 0 saturated carbocycles. The number of nitrogens with two attached hydrogens (primary N) is 1. The summed E-state index contributed by atoms with van der Waals surface area (Å²) in [5, 5.41) is 6.20. The van der Waals surface area contributed by atoms with Gasteiger partial charge < -0.3 is 16.4 Å². The second-order valence-corrected chi connectivity index (χ2v) is 8.08. The van der Waals surface area contributed by atoms with Crippen molar-refractivity contribution in [3.05, 3.63) is 77.2 Å². The van der Waals surface area contributed by atoms with E-state index < -0.39 is 5.91 Å². The Morgan fingerprint density at radius 1 is 0.966 bits per heavy atom. The molecule has 0 saturated heterocycles. The van der Waals surface area contributed by atoms with Gasteiger partial charge in [-0.25, -0.2) is 9.37 Å². The molecule has 0 aliphatic carbocycles. The van der Waals surface area contributed by atoms with E-state index in [-0.39, 0.29) is 22.6 Å². The number of pyridine rings is 1. The summed E-state index contributed by atoms with van der Waals surface area (Å²) in [6.45, 7) is 8.26. The molecule has 5 nitrogen and oxygen atoms in total. The van der Waals surface area contributed by atoms with Crippen LogP contribution in [0.2, 0.25) is 0 Å². The van der Waals surface area contributed by atoms with Crippen LogP contribution >= 0.6 is 0 Å². The number of amides is 1. The molecule has 6 heteroatoms. The average molecular weight is 392 g/mol. The van der Waals surface area contributed by atoms with E-state index in [1.54, 1.807) is 25.3 Å². The summed E-state index contributed by atoms with van der Waals surface area (Å²) >= 11 is 0. The Bertz CT molecular complexity index is 1020. The molecular formula is C23H25FN4O. The molecule has 2 aromatic carbocycles. The molecule has 3 aromatic rings. The lowest BCUT2D eigenvalue weighted by atomic mass is 9.87. The number of aryl methyl sites for hydroxylation is 1. The Balaban J connectivity index is 1.85. The molecule has 0 bridgehead atoms. The summed E-state index contributed by atoms with van der Waals surface area (Å²) in [5.74, 6) is -0.721. The minimum atomic E-state index is -0.625. The minimum absolute atomic E-state index is 0.0712. The first-order valence-corrected chi connectivity index (χ1v) is 9.33. The molecule has 0 spiro atoms. The van der Waals surface area contributed by atoms with Gasteiger partial charge in [-0.3, -0.25) is 4.79 Å². The van der Waals surface area contributed by atoms with Crippen molar-refractivity contribution < 1.29 is 9.18 Å². The van der Waals surface area contributed by atoms with E-state index in [2.05, 4.69) is 48.5 Å². The molecule has 3 rings (SSSR count). The van der Waals surface area contributed by atoms with Crippen LogP contribution in [0.15, 0.2) is 54.7 Å². The number of rotatable bonds is 5. The average Bonchev–Trinajstić information content (AvgIpc) is 2.61. The first kappa shape index (κ1) is 20.3. The fourth-order valence-corrected chi connectivity index (χ4v) is 2.99. The van der Waals surface area contributed by atoms with Crippen molar-refractivity contribution >= 4 is 28.8 Å².